The van der Waals surface area contributed by atoms with Gasteiger partial charge in [-0.1, -0.05) is 41.8 Å². The van der Waals surface area contributed by atoms with E-state index in [1.807, 2.05) is 6.26 Å². The van der Waals surface area contributed by atoms with E-state index >= 15 is 0 Å². The molecule has 0 aromatic carbocycles. The summed E-state index contributed by atoms with van der Waals surface area (Å²) in [5, 5.41) is 21.0. The highest BCUT2D eigenvalue weighted by Gasteiger charge is 2.21. The minimum atomic E-state index is -0.184. The summed E-state index contributed by atoms with van der Waals surface area (Å²) < 4.78 is 2.02. The first-order valence-corrected chi connectivity index (χ1v) is 9.02. The van der Waals surface area contributed by atoms with Crippen molar-refractivity contribution < 1.29 is 5.11 Å². The zero-order valence-electron chi connectivity index (χ0n) is 11.1. The monoisotopic (exact) mass is 307 g/mol. The van der Waals surface area contributed by atoms with Crippen LogP contribution in [-0.4, -0.2) is 46.0 Å². The van der Waals surface area contributed by atoms with Crippen LogP contribution in [0.3, 0.4) is 0 Å². The molecule has 0 bridgehead atoms. The number of thioether (sulfide) groups is 2. The maximum absolute atomic E-state index is 9.45. The van der Waals surface area contributed by atoms with Crippen molar-refractivity contribution in [2.45, 2.75) is 40.9 Å². The van der Waals surface area contributed by atoms with Gasteiger partial charge in [-0.15, -0.1) is 10.2 Å². The second-order valence-electron chi connectivity index (χ2n) is 4.28. The second kappa shape index (κ2) is 8.37. The average Bonchev–Trinajstić information content (AvgIpc) is 2.84. The van der Waals surface area contributed by atoms with Crippen LogP contribution in [0.4, 0.5) is 0 Å². The lowest BCUT2D eigenvalue weighted by atomic mass is 10.0. The molecule has 1 rings (SSSR count). The number of aromatic nitrogens is 2. The molecule has 104 valence electrons. The Morgan fingerprint density at radius 1 is 1.39 bits per heavy atom. The van der Waals surface area contributed by atoms with Gasteiger partial charge in [0.25, 0.3) is 0 Å². The first-order chi connectivity index (χ1) is 8.63. The molecule has 0 saturated heterocycles. The van der Waals surface area contributed by atoms with Crippen molar-refractivity contribution in [3.63, 3.8) is 0 Å². The van der Waals surface area contributed by atoms with Gasteiger partial charge in [-0.3, -0.25) is 0 Å². The van der Waals surface area contributed by atoms with Crippen LogP contribution >= 0.6 is 34.9 Å². The maximum Gasteiger partial charge on any atom is 0.175 e. The molecule has 2 N–H and O–H groups in total. The summed E-state index contributed by atoms with van der Waals surface area (Å²) in [4.78, 5) is 0. The lowest BCUT2D eigenvalue weighted by molar-refractivity contribution is 0.171. The summed E-state index contributed by atoms with van der Waals surface area (Å²) in [6.07, 6.45) is 4.00. The standard InChI is InChI=1S/C11H21N3OS3/c1-4-6-12-11(2,8-15)5-7-17-10-14-13-9(16-3)18-10/h12,15H,4-8H2,1-3H3. The molecule has 4 nitrogen and oxygen atoms in total. The molecule has 1 aromatic heterocycles. The van der Waals surface area contributed by atoms with E-state index in [-0.39, 0.29) is 12.1 Å². The number of hydrogen-bond acceptors (Lipinski definition) is 7. The largest absolute Gasteiger partial charge is 0.394 e. The van der Waals surface area contributed by atoms with Crippen molar-refractivity contribution in [1.82, 2.24) is 15.5 Å². The predicted octanol–water partition coefficient (Wildman–Crippen LogP) is 2.49. The first-order valence-electron chi connectivity index (χ1n) is 5.99. The molecule has 0 aliphatic rings. The van der Waals surface area contributed by atoms with Crippen molar-refractivity contribution in [2.24, 2.45) is 0 Å². The van der Waals surface area contributed by atoms with E-state index in [2.05, 4.69) is 29.4 Å². The molecule has 0 spiro atoms. The predicted molar refractivity (Wildman–Crippen MR) is 80.8 cm³/mol. The van der Waals surface area contributed by atoms with Crippen molar-refractivity contribution in [2.75, 3.05) is 25.2 Å². The zero-order chi connectivity index (χ0) is 13.4. The van der Waals surface area contributed by atoms with Crippen molar-refractivity contribution >= 4 is 34.9 Å². The Balaban J connectivity index is 2.34. The molecule has 0 saturated carbocycles. The summed E-state index contributed by atoms with van der Waals surface area (Å²) in [6.45, 7) is 5.30. The van der Waals surface area contributed by atoms with Crippen molar-refractivity contribution in [3.8, 4) is 0 Å². The van der Waals surface area contributed by atoms with E-state index in [0.717, 1.165) is 33.8 Å². The van der Waals surface area contributed by atoms with Crippen LogP contribution in [0.2, 0.25) is 0 Å². The zero-order valence-corrected chi connectivity index (χ0v) is 13.6. The van der Waals surface area contributed by atoms with Crippen LogP contribution in [0.1, 0.15) is 26.7 Å². The summed E-state index contributed by atoms with van der Waals surface area (Å²) in [5.41, 5.74) is -0.184. The molecular weight excluding hydrogens is 286 g/mol. The molecule has 1 atom stereocenters. The Labute approximate surface area is 121 Å². The normalized spacial score (nSPS) is 14.7. The number of rotatable bonds is 9. The van der Waals surface area contributed by atoms with E-state index in [1.165, 1.54) is 0 Å². The molecule has 0 radical (unpaired) electrons. The number of aliphatic hydroxyl groups excluding tert-OH is 1. The van der Waals surface area contributed by atoms with Gasteiger partial charge in [-0.05, 0) is 32.6 Å². The quantitative estimate of drug-likeness (QED) is 0.684. The molecular formula is C11H21N3OS3. The van der Waals surface area contributed by atoms with Gasteiger partial charge in [-0.2, -0.15) is 0 Å². The second-order valence-corrected chi connectivity index (χ2v) is 7.65. The Kier molecular flexibility index (Phi) is 7.55. The van der Waals surface area contributed by atoms with Crippen LogP contribution in [0.5, 0.6) is 0 Å². The number of hydrogen-bond donors (Lipinski definition) is 2. The molecule has 7 heteroatoms. The fourth-order valence-electron chi connectivity index (χ4n) is 1.35. The van der Waals surface area contributed by atoms with E-state index in [1.54, 1.807) is 34.9 Å². The number of nitrogens with zero attached hydrogens (tertiary/aromatic N) is 2. The van der Waals surface area contributed by atoms with Crippen molar-refractivity contribution in [1.29, 1.82) is 0 Å². The highest BCUT2D eigenvalue weighted by Crippen LogP contribution is 2.28. The molecule has 0 amide bonds. The summed E-state index contributed by atoms with van der Waals surface area (Å²) in [5.74, 6) is 0.941. The van der Waals surface area contributed by atoms with Crippen LogP contribution in [0.15, 0.2) is 8.68 Å². The Morgan fingerprint density at radius 3 is 2.67 bits per heavy atom. The van der Waals surface area contributed by atoms with E-state index in [0.29, 0.717) is 0 Å². The highest BCUT2D eigenvalue weighted by molar-refractivity contribution is 8.02. The summed E-state index contributed by atoms with van der Waals surface area (Å²) in [7, 11) is 0. The molecule has 18 heavy (non-hydrogen) atoms. The Morgan fingerprint density at radius 2 is 2.11 bits per heavy atom. The smallest absolute Gasteiger partial charge is 0.175 e. The minimum absolute atomic E-state index is 0.166. The average molecular weight is 308 g/mol. The fraction of sp³-hybridized carbons (Fsp3) is 0.818. The van der Waals surface area contributed by atoms with Gasteiger partial charge in [0.1, 0.15) is 0 Å². The van der Waals surface area contributed by atoms with Crippen molar-refractivity contribution in [3.05, 3.63) is 0 Å². The lowest BCUT2D eigenvalue weighted by Gasteiger charge is -2.28. The number of aliphatic hydroxyl groups is 1. The Bertz CT molecular complexity index is 348. The summed E-state index contributed by atoms with van der Waals surface area (Å²) in [6, 6.07) is 0. The molecule has 0 fully saturated rings. The lowest BCUT2D eigenvalue weighted by Crippen LogP contribution is -2.46. The van der Waals surface area contributed by atoms with Crippen LogP contribution in [-0.2, 0) is 0 Å². The highest BCUT2D eigenvalue weighted by atomic mass is 32.2. The third kappa shape index (κ3) is 5.44. The van der Waals surface area contributed by atoms with Gasteiger partial charge in [0.2, 0.25) is 0 Å². The van der Waals surface area contributed by atoms with Gasteiger partial charge in [0.05, 0.1) is 6.61 Å². The Hall–Kier alpha value is 0.180. The molecule has 0 aliphatic heterocycles. The molecule has 0 aliphatic carbocycles. The summed E-state index contributed by atoms with van der Waals surface area (Å²) >= 11 is 4.97. The maximum atomic E-state index is 9.45. The minimum Gasteiger partial charge on any atom is -0.394 e. The van der Waals surface area contributed by atoms with E-state index in [4.69, 9.17) is 0 Å². The molecule has 1 aromatic rings. The van der Waals surface area contributed by atoms with Gasteiger partial charge in [0, 0.05) is 11.3 Å². The van der Waals surface area contributed by atoms with Crippen LogP contribution in [0.25, 0.3) is 0 Å². The SMILES string of the molecule is CCCNC(C)(CO)CCSc1nnc(SC)s1. The number of nitrogens with one attached hydrogen (secondary N) is 1. The molecule has 1 heterocycles. The van der Waals surface area contributed by atoms with Gasteiger partial charge < -0.3 is 10.4 Å². The van der Waals surface area contributed by atoms with Gasteiger partial charge >= 0.3 is 0 Å². The van der Waals surface area contributed by atoms with Gasteiger partial charge in [0.15, 0.2) is 8.68 Å². The van der Waals surface area contributed by atoms with Crippen LogP contribution < -0.4 is 5.32 Å². The van der Waals surface area contributed by atoms with Crippen LogP contribution in [0, 0.1) is 0 Å². The molecule has 1 unspecified atom stereocenters. The fourth-order valence-corrected chi connectivity index (χ4v) is 4.06. The topological polar surface area (TPSA) is 58.0 Å². The third-order valence-electron chi connectivity index (χ3n) is 2.59. The van der Waals surface area contributed by atoms with Gasteiger partial charge in [-0.25, -0.2) is 0 Å². The van der Waals surface area contributed by atoms with E-state index < -0.39 is 0 Å². The third-order valence-corrected chi connectivity index (χ3v) is 5.63. The van der Waals surface area contributed by atoms with E-state index in [9.17, 15) is 5.11 Å². The first kappa shape index (κ1) is 16.2.